The molecule has 2 amide bonds. The van der Waals surface area contributed by atoms with Crippen molar-refractivity contribution in [1.29, 1.82) is 0 Å². The van der Waals surface area contributed by atoms with E-state index in [0.717, 1.165) is 0 Å². The monoisotopic (exact) mass is 233 g/mol. The van der Waals surface area contributed by atoms with Crippen molar-refractivity contribution in [3.63, 3.8) is 0 Å². The molecule has 0 aliphatic carbocycles. The van der Waals surface area contributed by atoms with Crippen LogP contribution >= 0.6 is 0 Å². The summed E-state index contributed by atoms with van der Waals surface area (Å²) in [5.41, 5.74) is 5.60. The number of aryl methyl sites for hydroxylation is 1. The molecule has 3 N–H and O–H groups in total. The zero-order valence-electron chi connectivity index (χ0n) is 9.11. The van der Waals surface area contributed by atoms with Crippen molar-refractivity contribution in [1.82, 2.24) is 15.8 Å². The van der Waals surface area contributed by atoms with Gasteiger partial charge in [-0.1, -0.05) is 0 Å². The van der Waals surface area contributed by atoms with E-state index in [2.05, 4.69) is 15.8 Å². The highest BCUT2D eigenvalue weighted by molar-refractivity contribution is 5.97. The maximum absolute atomic E-state index is 11.6. The van der Waals surface area contributed by atoms with Crippen LogP contribution in [0.25, 0.3) is 0 Å². The average Bonchev–Trinajstić information content (AvgIpc) is 2.95. The summed E-state index contributed by atoms with van der Waals surface area (Å²) < 4.78 is 4.98. The number of carbonyl (C=O) groups is 2. The van der Waals surface area contributed by atoms with Gasteiger partial charge in [-0.15, -0.1) is 0 Å². The van der Waals surface area contributed by atoms with Crippen LogP contribution < -0.4 is 10.9 Å². The lowest BCUT2D eigenvalue weighted by molar-refractivity contribution is 0.0828. The van der Waals surface area contributed by atoms with Gasteiger partial charge < -0.3 is 9.40 Å². The third-order valence-electron chi connectivity index (χ3n) is 2.20. The van der Waals surface area contributed by atoms with Gasteiger partial charge in [-0.25, -0.2) is 0 Å². The van der Waals surface area contributed by atoms with Crippen molar-refractivity contribution in [3.8, 4) is 0 Å². The number of amides is 2. The third kappa shape index (κ3) is 2.36. The zero-order chi connectivity index (χ0) is 12.3. The van der Waals surface area contributed by atoms with E-state index in [1.54, 1.807) is 31.3 Å². The Labute approximate surface area is 97.0 Å². The van der Waals surface area contributed by atoms with E-state index in [-0.39, 0.29) is 5.76 Å². The first-order valence-electron chi connectivity index (χ1n) is 4.96. The second-order valence-electron chi connectivity index (χ2n) is 3.42. The molecule has 2 aromatic rings. The van der Waals surface area contributed by atoms with E-state index in [1.165, 1.54) is 6.26 Å². The number of aromatic nitrogens is 1. The molecule has 2 aromatic heterocycles. The SMILES string of the molecule is Cc1ccoc1C(=O)NNC(=O)c1ccc[nH]1. The average molecular weight is 233 g/mol. The fourth-order valence-corrected chi connectivity index (χ4v) is 1.31. The van der Waals surface area contributed by atoms with Crippen LogP contribution in [-0.2, 0) is 0 Å². The molecule has 0 aromatic carbocycles. The second kappa shape index (κ2) is 4.56. The fraction of sp³-hybridized carbons (Fsp3) is 0.0909. The zero-order valence-corrected chi connectivity index (χ0v) is 9.11. The number of aromatic amines is 1. The molecular weight excluding hydrogens is 222 g/mol. The van der Waals surface area contributed by atoms with Crippen LogP contribution in [0.3, 0.4) is 0 Å². The predicted octanol–water partition coefficient (Wildman–Crippen LogP) is 0.991. The minimum Gasteiger partial charge on any atom is -0.459 e. The number of hydrogen-bond donors (Lipinski definition) is 3. The van der Waals surface area contributed by atoms with Crippen LogP contribution in [0.2, 0.25) is 0 Å². The van der Waals surface area contributed by atoms with Crippen molar-refractivity contribution in [2.75, 3.05) is 0 Å². The Morgan fingerprint density at radius 3 is 2.59 bits per heavy atom. The summed E-state index contributed by atoms with van der Waals surface area (Å²) in [6, 6.07) is 4.95. The number of hydrazine groups is 1. The Bertz CT molecular complexity index is 528. The summed E-state index contributed by atoms with van der Waals surface area (Å²) in [5.74, 6) is -0.739. The molecule has 0 aliphatic heterocycles. The largest absolute Gasteiger partial charge is 0.459 e. The summed E-state index contributed by atoms with van der Waals surface area (Å²) in [6.07, 6.45) is 3.03. The summed E-state index contributed by atoms with van der Waals surface area (Å²) in [4.78, 5) is 25.8. The van der Waals surface area contributed by atoms with Gasteiger partial charge in [0.25, 0.3) is 5.91 Å². The summed E-state index contributed by atoms with van der Waals surface area (Å²) in [5, 5.41) is 0. The van der Waals surface area contributed by atoms with Crippen LogP contribution in [0.5, 0.6) is 0 Å². The molecule has 0 atom stereocenters. The molecule has 0 fully saturated rings. The van der Waals surface area contributed by atoms with Crippen molar-refractivity contribution in [2.24, 2.45) is 0 Å². The van der Waals surface area contributed by atoms with Crippen molar-refractivity contribution in [2.45, 2.75) is 6.92 Å². The van der Waals surface area contributed by atoms with E-state index in [9.17, 15) is 9.59 Å². The van der Waals surface area contributed by atoms with Gasteiger partial charge in [-0.3, -0.25) is 20.4 Å². The normalized spacial score (nSPS) is 9.94. The van der Waals surface area contributed by atoms with Crippen LogP contribution in [-0.4, -0.2) is 16.8 Å². The molecule has 0 unspecified atom stereocenters. The fourth-order valence-electron chi connectivity index (χ4n) is 1.31. The molecule has 0 spiro atoms. The number of H-pyrrole nitrogens is 1. The van der Waals surface area contributed by atoms with Crippen molar-refractivity contribution >= 4 is 11.8 Å². The smallest absolute Gasteiger partial charge is 0.305 e. The van der Waals surface area contributed by atoms with Gasteiger partial charge in [-0.05, 0) is 25.1 Å². The number of carbonyl (C=O) groups excluding carboxylic acids is 2. The van der Waals surface area contributed by atoms with Crippen LogP contribution in [0.1, 0.15) is 26.6 Å². The number of hydrogen-bond acceptors (Lipinski definition) is 3. The van der Waals surface area contributed by atoms with Gasteiger partial charge in [0.2, 0.25) is 0 Å². The molecule has 6 heteroatoms. The van der Waals surface area contributed by atoms with Crippen LogP contribution in [0.4, 0.5) is 0 Å². The molecule has 0 bridgehead atoms. The minimum absolute atomic E-state index is 0.178. The Kier molecular flexibility index (Phi) is 2.95. The van der Waals surface area contributed by atoms with E-state index in [1.807, 2.05) is 0 Å². The maximum Gasteiger partial charge on any atom is 0.305 e. The summed E-state index contributed by atoms with van der Waals surface area (Å²) >= 11 is 0. The molecule has 2 heterocycles. The van der Waals surface area contributed by atoms with E-state index >= 15 is 0 Å². The van der Waals surface area contributed by atoms with Crippen LogP contribution in [0.15, 0.2) is 35.1 Å². The first kappa shape index (κ1) is 11.0. The highest BCUT2D eigenvalue weighted by Gasteiger charge is 2.13. The molecule has 6 nitrogen and oxygen atoms in total. The highest BCUT2D eigenvalue weighted by Crippen LogP contribution is 2.07. The third-order valence-corrected chi connectivity index (χ3v) is 2.20. The first-order chi connectivity index (χ1) is 8.18. The Hall–Kier alpha value is -2.50. The van der Waals surface area contributed by atoms with E-state index in [4.69, 9.17) is 4.42 Å². The van der Waals surface area contributed by atoms with E-state index in [0.29, 0.717) is 11.3 Å². The van der Waals surface area contributed by atoms with Gasteiger partial charge >= 0.3 is 5.91 Å². The van der Waals surface area contributed by atoms with Crippen molar-refractivity contribution < 1.29 is 14.0 Å². The van der Waals surface area contributed by atoms with Gasteiger partial charge in [-0.2, -0.15) is 0 Å². The quantitative estimate of drug-likeness (QED) is 0.676. The Morgan fingerprint density at radius 2 is 2.00 bits per heavy atom. The number of nitrogens with one attached hydrogen (secondary N) is 3. The van der Waals surface area contributed by atoms with E-state index < -0.39 is 11.8 Å². The molecule has 0 radical (unpaired) electrons. The van der Waals surface area contributed by atoms with Crippen molar-refractivity contribution in [3.05, 3.63) is 47.7 Å². The molecule has 88 valence electrons. The summed E-state index contributed by atoms with van der Waals surface area (Å²) in [6.45, 7) is 1.74. The Morgan fingerprint density at radius 1 is 1.24 bits per heavy atom. The standard InChI is InChI=1S/C11H11N3O3/c1-7-4-6-17-9(7)11(16)14-13-10(15)8-3-2-5-12-8/h2-6,12H,1H3,(H,13,15)(H,14,16). The predicted molar refractivity (Wildman–Crippen MR) is 59.2 cm³/mol. The highest BCUT2D eigenvalue weighted by atomic mass is 16.3. The molecule has 0 aliphatic rings. The lowest BCUT2D eigenvalue weighted by Crippen LogP contribution is -2.41. The van der Waals surface area contributed by atoms with Gasteiger partial charge in [0.15, 0.2) is 5.76 Å². The molecule has 17 heavy (non-hydrogen) atoms. The minimum atomic E-state index is -0.493. The van der Waals surface area contributed by atoms with Gasteiger partial charge in [0.1, 0.15) is 5.69 Å². The lowest BCUT2D eigenvalue weighted by Gasteiger charge is -2.04. The maximum atomic E-state index is 11.6. The number of rotatable bonds is 2. The van der Waals surface area contributed by atoms with Gasteiger partial charge in [0, 0.05) is 11.8 Å². The number of furan rings is 1. The molecule has 0 saturated heterocycles. The topological polar surface area (TPSA) is 87.1 Å². The summed E-state index contributed by atoms with van der Waals surface area (Å²) in [7, 11) is 0. The first-order valence-corrected chi connectivity index (χ1v) is 4.96. The lowest BCUT2D eigenvalue weighted by atomic mass is 10.3. The second-order valence-corrected chi connectivity index (χ2v) is 3.42. The van der Waals surface area contributed by atoms with Crippen LogP contribution in [0, 0.1) is 6.92 Å². The molecule has 2 rings (SSSR count). The molecular formula is C11H11N3O3. The van der Waals surface area contributed by atoms with Gasteiger partial charge in [0.05, 0.1) is 6.26 Å². The Balaban J connectivity index is 1.93. The molecule has 0 saturated carbocycles.